The summed E-state index contributed by atoms with van der Waals surface area (Å²) in [6.07, 6.45) is 9.95. The van der Waals surface area contributed by atoms with Crippen LogP contribution >= 0.6 is 0 Å². The monoisotopic (exact) mass is 398 g/mol. The van der Waals surface area contributed by atoms with Gasteiger partial charge in [0.05, 0.1) is 5.92 Å². The molecule has 0 bridgehead atoms. The van der Waals surface area contributed by atoms with Gasteiger partial charge in [-0.05, 0) is 63.6 Å². The highest BCUT2D eigenvalue weighted by Crippen LogP contribution is 2.33. The van der Waals surface area contributed by atoms with E-state index in [1.807, 2.05) is 23.2 Å². The van der Waals surface area contributed by atoms with Gasteiger partial charge in [-0.1, -0.05) is 6.07 Å². The Hall–Kier alpha value is -1.95. The molecule has 0 radical (unpaired) electrons. The molecule has 2 saturated heterocycles. The quantitative estimate of drug-likeness (QED) is 0.739. The lowest BCUT2D eigenvalue weighted by atomic mass is 9.92. The maximum Gasteiger partial charge on any atom is 0.227 e. The van der Waals surface area contributed by atoms with Gasteiger partial charge < -0.3 is 9.80 Å². The lowest BCUT2D eigenvalue weighted by molar-refractivity contribution is -0.138. The minimum Gasteiger partial charge on any atom is -0.342 e. The lowest BCUT2D eigenvalue weighted by Gasteiger charge is -2.42. The number of rotatable bonds is 6. The summed E-state index contributed by atoms with van der Waals surface area (Å²) in [5.41, 5.74) is 1.09. The van der Waals surface area contributed by atoms with Crippen LogP contribution in [0.1, 0.15) is 51.0 Å². The van der Waals surface area contributed by atoms with Crippen LogP contribution in [0.4, 0.5) is 0 Å². The molecule has 6 heteroatoms. The minimum atomic E-state index is 0.0893. The fourth-order valence-corrected chi connectivity index (χ4v) is 4.90. The van der Waals surface area contributed by atoms with Crippen molar-refractivity contribution < 1.29 is 9.59 Å². The van der Waals surface area contributed by atoms with Gasteiger partial charge in [0.1, 0.15) is 0 Å². The second-order valence-electron chi connectivity index (χ2n) is 8.88. The number of amides is 2. The molecule has 4 rings (SSSR count). The van der Waals surface area contributed by atoms with E-state index < -0.39 is 0 Å². The van der Waals surface area contributed by atoms with Crippen molar-refractivity contribution in [1.82, 2.24) is 19.7 Å². The maximum atomic E-state index is 13.2. The van der Waals surface area contributed by atoms with Gasteiger partial charge in [-0.15, -0.1) is 0 Å². The number of pyridine rings is 1. The number of hydrogen-bond donors (Lipinski definition) is 0. The molecule has 1 aliphatic carbocycles. The molecule has 2 amide bonds. The van der Waals surface area contributed by atoms with Crippen LogP contribution < -0.4 is 0 Å². The van der Waals surface area contributed by atoms with Crippen molar-refractivity contribution in [3.8, 4) is 0 Å². The third-order valence-corrected chi connectivity index (χ3v) is 6.81. The highest BCUT2D eigenvalue weighted by atomic mass is 16.2. The maximum absolute atomic E-state index is 13.2. The summed E-state index contributed by atoms with van der Waals surface area (Å²) in [5.74, 6) is 1.07. The van der Waals surface area contributed by atoms with Gasteiger partial charge in [0, 0.05) is 57.1 Å². The van der Waals surface area contributed by atoms with Crippen LogP contribution in [0.25, 0.3) is 0 Å². The van der Waals surface area contributed by atoms with Crippen LogP contribution in [0.5, 0.6) is 0 Å². The van der Waals surface area contributed by atoms with Gasteiger partial charge in [-0.25, -0.2) is 0 Å². The van der Waals surface area contributed by atoms with Crippen LogP contribution in [0.15, 0.2) is 24.5 Å². The molecule has 0 spiro atoms. The number of carbonyl (C=O) groups excluding carboxylic acids is 2. The Kier molecular flexibility index (Phi) is 6.48. The molecule has 1 atom stereocenters. The number of carbonyl (C=O) groups is 2. The van der Waals surface area contributed by atoms with Crippen molar-refractivity contribution in [3.05, 3.63) is 30.1 Å². The Balaban J connectivity index is 1.30. The fourth-order valence-electron chi connectivity index (χ4n) is 4.90. The van der Waals surface area contributed by atoms with Gasteiger partial charge >= 0.3 is 0 Å². The van der Waals surface area contributed by atoms with Crippen LogP contribution in [-0.2, 0) is 16.1 Å². The Bertz CT molecular complexity index is 698. The predicted octanol–water partition coefficient (Wildman–Crippen LogP) is 2.54. The zero-order valence-corrected chi connectivity index (χ0v) is 17.6. The van der Waals surface area contributed by atoms with E-state index in [0.717, 1.165) is 76.8 Å². The molecule has 6 nitrogen and oxygen atoms in total. The van der Waals surface area contributed by atoms with Gasteiger partial charge in [0.25, 0.3) is 0 Å². The zero-order chi connectivity index (χ0) is 20.2. The van der Waals surface area contributed by atoms with E-state index in [1.165, 1.54) is 0 Å². The van der Waals surface area contributed by atoms with Crippen LogP contribution in [0.2, 0.25) is 0 Å². The zero-order valence-electron chi connectivity index (χ0n) is 17.6. The fraction of sp³-hybridized carbons (Fsp3) is 0.696. The number of aromatic nitrogens is 1. The van der Waals surface area contributed by atoms with Gasteiger partial charge in [0.15, 0.2) is 0 Å². The highest BCUT2D eigenvalue weighted by molar-refractivity contribution is 5.81. The van der Waals surface area contributed by atoms with Crippen molar-refractivity contribution in [3.63, 3.8) is 0 Å². The molecule has 1 aromatic heterocycles. The van der Waals surface area contributed by atoms with E-state index in [9.17, 15) is 9.59 Å². The van der Waals surface area contributed by atoms with E-state index in [-0.39, 0.29) is 11.8 Å². The summed E-state index contributed by atoms with van der Waals surface area (Å²) < 4.78 is 0. The van der Waals surface area contributed by atoms with Crippen molar-refractivity contribution in [2.75, 3.05) is 32.7 Å². The van der Waals surface area contributed by atoms with E-state index in [0.29, 0.717) is 24.4 Å². The summed E-state index contributed by atoms with van der Waals surface area (Å²) in [6.45, 7) is 7.15. The third-order valence-electron chi connectivity index (χ3n) is 6.81. The molecular formula is C23H34N4O2. The summed E-state index contributed by atoms with van der Waals surface area (Å²) >= 11 is 0. The van der Waals surface area contributed by atoms with Crippen molar-refractivity contribution in [2.24, 2.45) is 11.8 Å². The molecule has 29 heavy (non-hydrogen) atoms. The largest absolute Gasteiger partial charge is 0.342 e. The van der Waals surface area contributed by atoms with E-state index in [2.05, 4.69) is 21.7 Å². The topological polar surface area (TPSA) is 56.8 Å². The summed E-state index contributed by atoms with van der Waals surface area (Å²) in [6, 6.07) is 4.48. The molecule has 2 aliphatic heterocycles. The summed E-state index contributed by atoms with van der Waals surface area (Å²) in [5, 5.41) is 0. The normalized spacial score (nSPS) is 23.8. The molecule has 0 N–H and O–H groups in total. The predicted molar refractivity (Wildman–Crippen MR) is 112 cm³/mol. The van der Waals surface area contributed by atoms with E-state index in [4.69, 9.17) is 0 Å². The first kappa shape index (κ1) is 20.3. The van der Waals surface area contributed by atoms with Gasteiger partial charge in [0.2, 0.25) is 11.8 Å². The Morgan fingerprint density at radius 1 is 1.10 bits per heavy atom. The molecular weight excluding hydrogens is 364 g/mol. The van der Waals surface area contributed by atoms with Crippen molar-refractivity contribution in [1.29, 1.82) is 0 Å². The first-order chi connectivity index (χ1) is 14.2. The minimum absolute atomic E-state index is 0.0893. The molecule has 3 aliphatic rings. The lowest BCUT2D eigenvalue weighted by Crippen LogP contribution is -2.52. The third kappa shape index (κ3) is 4.97. The Morgan fingerprint density at radius 2 is 1.90 bits per heavy atom. The average molecular weight is 399 g/mol. The standard InChI is InChI=1S/C23H34N4O2/c1-2-25(16-18-5-3-11-24-15-18)23(29)20-6-4-12-27(17-20)21-9-13-26(14-10-21)22(28)19-7-8-19/h3,5,11,15,19-21H,2,4,6-10,12-14,16-17H2,1H3/t20-/m0/s1. The smallest absolute Gasteiger partial charge is 0.227 e. The molecule has 1 aromatic rings. The van der Waals surface area contributed by atoms with E-state index in [1.54, 1.807) is 6.20 Å². The second-order valence-corrected chi connectivity index (χ2v) is 8.88. The second kappa shape index (κ2) is 9.24. The molecule has 0 aromatic carbocycles. The Morgan fingerprint density at radius 3 is 2.55 bits per heavy atom. The van der Waals surface area contributed by atoms with Crippen molar-refractivity contribution >= 4 is 11.8 Å². The number of nitrogens with zero attached hydrogens (tertiary/aromatic N) is 4. The first-order valence-corrected chi connectivity index (χ1v) is 11.4. The molecule has 158 valence electrons. The average Bonchev–Trinajstić information content (AvgIpc) is 3.63. The molecule has 1 saturated carbocycles. The number of piperidine rings is 2. The van der Waals surface area contributed by atoms with Crippen LogP contribution in [0.3, 0.4) is 0 Å². The molecule has 3 fully saturated rings. The van der Waals surface area contributed by atoms with Crippen LogP contribution in [0, 0.1) is 11.8 Å². The SMILES string of the molecule is CCN(Cc1cccnc1)C(=O)[C@H]1CCCN(C2CCN(C(=O)C3CC3)CC2)C1. The van der Waals surface area contributed by atoms with E-state index >= 15 is 0 Å². The first-order valence-electron chi connectivity index (χ1n) is 11.4. The highest BCUT2D eigenvalue weighted by Gasteiger charge is 2.37. The van der Waals surface area contributed by atoms with Gasteiger partial charge in [-0.3, -0.25) is 19.5 Å². The number of likely N-dealkylation sites (tertiary alicyclic amines) is 2. The van der Waals surface area contributed by atoms with Gasteiger partial charge in [-0.2, -0.15) is 0 Å². The van der Waals surface area contributed by atoms with Crippen molar-refractivity contribution in [2.45, 2.75) is 58.0 Å². The van der Waals surface area contributed by atoms with Crippen LogP contribution in [-0.4, -0.2) is 70.3 Å². The number of hydrogen-bond acceptors (Lipinski definition) is 4. The Labute approximate surface area is 174 Å². The summed E-state index contributed by atoms with van der Waals surface area (Å²) in [4.78, 5) is 36.3. The summed E-state index contributed by atoms with van der Waals surface area (Å²) in [7, 11) is 0. The molecule has 3 heterocycles. The molecule has 0 unspecified atom stereocenters.